The van der Waals surface area contributed by atoms with Gasteiger partial charge in [0.1, 0.15) is 0 Å². The number of carbonyl (C=O) groups excluding carboxylic acids is 1. The van der Waals surface area contributed by atoms with Crippen molar-refractivity contribution in [1.82, 2.24) is 5.32 Å². The number of hydrogen-bond acceptors (Lipinski definition) is 4. The summed E-state index contributed by atoms with van der Waals surface area (Å²) >= 11 is 0. The van der Waals surface area contributed by atoms with Crippen LogP contribution in [0.25, 0.3) is 0 Å². The number of alkyl halides is 1. The third-order valence-corrected chi connectivity index (χ3v) is 5.37. The van der Waals surface area contributed by atoms with Gasteiger partial charge < -0.3 is 15.7 Å². The molecule has 0 aromatic heterocycles. The number of piperidine rings is 1. The number of carbonyl (C=O) groups is 1. The summed E-state index contributed by atoms with van der Waals surface area (Å²) in [5, 5.41) is 15.4. The van der Waals surface area contributed by atoms with Gasteiger partial charge in [-0.25, -0.2) is 8.78 Å². The molecule has 1 aliphatic heterocycles. The highest BCUT2D eigenvalue weighted by atomic mass is 19.2. The fraction of sp³-hybridized carbons (Fsp3) is 0.500. The molecule has 4 rings (SSSR count). The number of aliphatic hydroxyl groups is 1. The molecule has 184 valence electrons. The van der Waals surface area contributed by atoms with Crippen LogP contribution in [-0.4, -0.2) is 37.3 Å². The third-order valence-electron chi connectivity index (χ3n) is 5.37. The predicted octanol–water partition coefficient (Wildman–Crippen LogP) is 6.34. The summed E-state index contributed by atoms with van der Waals surface area (Å²) in [6.45, 7) is 8.42. The number of hydrogen-bond donors (Lipinski definition) is 3. The van der Waals surface area contributed by atoms with Crippen molar-refractivity contribution < 1.29 is 23.1 Å². The zero-order valence-electron chi connectivity index (χ0n) is 20.1. The van der Waals surface area contributed by atoms with Crippen LogP contribution in [0.15, 0.2) is 36.4 Å². The van der Waals surface area contributed by atoms with Crippen molar-refractivity contribution >= 4 is 17.2 Å². The lowest BCUT2D eigenvalue weighted by Gasteiger charge is -2.30. The third kappa shape index (κ3) is 8.82. The van der Waals surface area contributed by atoms with Gasteiger partial charge in [-0.1, -0.05) is 38.0 Å². The van der Waals surface area contributed by atoms with Crippen molar-refractivity contribution in [2.24, 2.45) is 5.92 Å². The Balaban J connectivity index is 0.000000460. The van der Waals surface area contributed by atoms with E-state index in [0.29, 0.717) is 25.7 Å². The second kappa shape index (κ2) is 15.5. The summed E-state index contributed by atoms with van der Waals surface area (Å²) in [6.07, 6.45) is 4.46. The van der Waals surface area contributed by atoms with E-state index in [1.807, 2.05) is 32.9 Å². The quantitative estimate of drug-likeness (QED) is 0.460. The summed E-state index contributed by atoms with van der Waals surface area (Å²) in [5.74, 6) is -2.70. The number of benzene rings is 2. The first-order valence-electron chi connectivity index (χ1n) is 11.6. The van der Waals surface area contributed by atoms with Gasteiger partial charge in [0, 0.05) is 17.2 Å². The molecular formula is C26H37F3N2O2. The molecule has 0 radical (unpaired) electrons. The minimum Gasteiger partial charge on any atom is -0.393 e. The van der Waals surface area contributed by atoms with Crippen LogP contribution < -0.4 is 10.6 Å². The maximum Gasteiger partial charge on any atom is 0.182 e. The molecule has 2 aliphatic rings. The zero-order valence-corrected chi connectivity index (χ0v) is 20.1. The first kappa shape index (κ1) is 28.7. The van der Waals surface area contributed by atoms with Gasteiger partial charge in [-0.15, -0.1) is 0 Å². The highest BCUT2D eigenvalue weighted by molar-refractivity contribution is 6.03. The number of ketones is 1. The molecular weight excluding hydrogens is 429 g/mol. The summed E-state index contributed by atoms with van der Waals surface area (Å²) in [5.41, 5.74) is 1.57. The van der Waals surface area contributed by atoms with Crippen LogP contribution in [0.5, 0.6) is 0 Å². The van der Waals surface area contributed by atoms with Crippen LogP contribution in [0.2, 0.25) is 0 Å². The Bertz CT molecular complexity index is 823. The average molecular weight is 467 g/mol. The number of nitrogens with one attached hydrogen (secondary N) is 2. The Hall–Kier alpha value is -2.38. The van der Waals surface area contributed by atoms with Crippen molar-refractivity contribution in [1.29, 1.82) is 0 Å². The highest BCUT2D eigenvalue weighted by Crippen LogP contribution is 2.35. The Kier molecular flexibility index (Phi) is 13.4. The topological polar surface area (TPSA) is 61.4 Å². The Morgan fingerprint density at radius 1 is 0.970 bits per heavy atom. The molecule has 0 spiro atoms. The molecule has 4 nitrogen and oxygen atoms in total. The number of aryl methyl sites for hydroxylation is 1. The fourth-order valence-corrected chi connectivity index (χ4v) is 3.48. The van der Waals surface area contributed by atoms with E-state index in [2.05, 4.69) is 10.6 Å². The largest absolute Gasteiger partial charge is 0.393 e. The van der Waals surface area contributed by atoms with Crippen LogP contribution in [-0.2, 0) is 0 Å². The van der Waals surface area contributed by atoms with E-state index in [1.165, 1.54) is 38.4 Å². The van der Waals surface area contributed by atoms with E-state index in [9.17, 15) is 23.1 Å². The van der Waals surface area contributed by atoms with Crippen LogP contribution in [0.1, 0.15) is 61.9 Å². The fourth-order valence-electron chi connectivity index (χ4n) is 3.48. The number of aliphatic hydroxyl groups excluding tert-OH is 1. The van der Waals surface area contributed by atoms with Gasteiger partial charge in [-0.2, -0.15) is 0 Å². The number of halogens is 3. The van der Waals surface area contributed by atoms with E-state index in [4.69, 9.17) is 0 Å². The van der Waals surface area contributed by atoms with Gasteiger partial charge in [-0.3, -0.25) is 9.18 Å². The van der Waals surface area contributed by atoms with Gasteiger partial charge >= 0.3 is 0 Å². The molecule has 0 unspecified atom stereocenters. The maximum absolute atomic E-state index is 14.2. The number of Topliss-reactive ketones (excluding diaryl/α,β-unsaturated/α-hetero) is 1. The average Bonchev–Trinajstić information content (AvgIpc) is 2.85. The second-order valence-electron chi connectivity index (χ2n) is 7.77. The minimum absolute atomic E-state index is 0.112. The van der Waals surface area contributed by atoms with E-state index >= 15 is 0 Å². The van der Waals surface area contributed by atoms with Gasteiger partial charge in [0.15, 0.2) is 17.4 Å². The van der Waals surface area contributed by atoms with Crippen molar-refractivity contribution in [3.05, 3.63) is 59.2 Å². The second-order valence-corrected chi connectivity index (χ2v) is 7.77. The van der Waals surface area contributed by atoms with Crippen molar-refractivity contribution in [2.45, 2.75) is 59.0 Å². The van der Waals surface area contributed by atoms with Crippen LogP contribution in [0.3, 0.4) is 0 Å². The van der Waals surface area contributed by atoms with E-state index in [-0.39, 0.29) is 23.0 Å². The number of anilines is 2. The lowest BCUT2D eigenvalue weighted by molar-refractivity contribution is 0.0368. The highest BCUT2D eigenvalue weighted by Gasteiger charge is 2.35. The number of rotatable bonds is 4. The molecule has 0 bridgehead atoms. The van der Waals surface area contributed by atoms with Crippen LogP contribution in [0, 0.1) is 24.5 Å². The summed E-state index contributed by atoms with van der Waals surface area (Å²) in [4.78, 5) is 12.5. The predicted molar refractivity (Wildman–Crippen MR) is 129 cm³/mol. The molecule has 33 heavy (non-hydrogen) atoms. The standard InChI is InChI=1S/C18H17F2NO2.C5H11N.C2H6.CH3F/c1-10-2-4-12(5-3-10)21-17-14(6-7-15(19)16(17)20)18(23)11-8-13(22)9-11;1-2-4-6-5-3-1;2*1-2/h2-7,11,13,21-22H,8-9H2,1H3;6H,1-5H2;1-2H3;1H3. The Morgan fingerprint density at radius 3 is 2.00 bits per heavy atom. The normalized spacial score (nSPS) is 18.7. The minimum atomic E-state index is -1.07. The SMILES string of the molecule is C1CCNCC1.CC.CF.Cc1ccc(Nc2c(C(=O)C3CC(O)C3)ccc(F)c2F)cc1. The van der Waals surface area contributed by atoms with E-state index < -0.39 is 17.7 Å². The Labute approximate surface area is 195 Å². The summed E-state index contributed by atoms with van der Waals surface area (Å²) in [7, 11) is 0.500. The molecule has 2 aromatic carbocycles. The lowest BCUT2D eigenvalue weighted by atomic mass is 9.77. The summed E-state index contributed by atoms with van der Waals surface area (Å²) < 4.78 is 37.3. The Morgan fingerprint density at radius 2 is 1.55 bits per heavy atom. The molecule has 1 saturated heterocycles. The van der Waals surface area contributed by atoms with Gasteiger partial charge in [0.2, 0.25) is 0 Å². The smallest absolute Gasteiger partial charge is 0.182 e. The van der Waals surface area contributed by atoms with Crippen molar-refractivity contribution in [2.75, 3.05) is 25.6 Å². The van der Waals surface area contributed by atoms with Gasteiger partial charge in [-0.05, 0) is 70.0 Å². The van der Waals surface area contributed by atoms with Crippen LogP contribution in [0.4, 0.5) is 24.5 Å². The first-order valence-corrected chi connectivity index (χ1v) is 11.6. The van der Waals surface area contributed by atoms with Gasteiger partial charge in [0.05, 0.1) is 19.0 Å². The van der Waals surface area contributed by atoms with Crippen molar-refractivity contribution in [3.8, 4) is 0 Å². The van der Waals surface area contributed by atoms with E-state index in [0.717, 1.165) is 11.6 Å². The molecule has 0 atom stereocenters. The molecule has 1 heterocycles. The van der Waals surface area contributed by atoms with Crippen molar-refractivity contribution in [3.63, 3.8) is 0 Å². The van der Waals surface area contributed by atoms with Crippen LogP contribution >= 0.6 is 0 Å². The molecule has 1 saturated carbocycles. The lowest BCUT2D eigenvalue weighted by Crippen LogP contribution is -2.34. The molecule has 2 fully saturated rings. The molecule has 7 heteroatoms. The zero-order chi connectivity index (χ0) is 24.8. The van der Waals surface area contributed by atoms with Gasteiger partial charge in [0.25, 0.3) is 0 Å². The molecule has 2 aromatic rings. The summed E-state index contributed by atoms with van der Waals surface area (Å²) in [6, 6.07) is 9.40. The van der Waals surface area contributed by atoms with E-state index in [1.54, 1.807) is 12.1 Å². The maximum atomic E-state index is 14.2. The first-order chi connectivity index (χ1) is 16.0. The molecule has 1 aliphatic carbocycles. The molecule has 3 N–H and O–H groups in total. The monoisotopic (exact) mass is 466 g/mol. The molecule has 0 amide bonds.